The number of ether oxygens (including phenoxy) is 1. The molecule has 0 N–H and O–H groups in total. The Hall–Kier alpha value is -3.06. The molecule has 0 radical (unpaired) electrons. The van der Waals surface area contributed by atoms with E-state index in [2.05, 4.69) is 4.98 Å². The van der Waals surface area contributed by atoms with E-state index >= 15 is 0 Å². The van der Waals surface area contributed by atoms with Crippen LogP contribution in [0, 0.1) is 15.9 Å². The number of nitro groups is 1. The van der Waals surface area contributed by atoms with Crippen LogP contribution < -0.4 is 0 Å². The summed E-state index contributed by atoms with van der Waals surface area (Å²) in [7, 11) is 0. The normalized spacial score (nSPS) is 10.6. The molecule has 0 amide bonds. The smallest absolute Gasteiger partial charge is 0.345 e. The molecule has 0 spiro atoms. The highest BCUT2D eigenvalue weighted by Gasteiger charge is 2.22. The molecular formula is C17H10ClFN2O4. The number of pyridine rings is 1. The molecule has 8 heteroatoms. The molecule has 25 heavy (non-hydrogen) atoms. The fraction of sp³-hybridized carbons (Fsp3) is 0.0588. The van der Waals surface area contributed by atoms with Crippen molar-refractivity contribution < 1.29 is 18.8 Å². The van der Waals surface area contributed by atoms with E-state index in [1.165, 1.54) is 30.5 Å². The van der Waals surface area contributed by atoms with E-state index in [9.17, 15) is 19.3 Å². The molecule has 1 heterocycles. The summed E-state index contributed by atoms with van der Waals surface area (Å²) in [5, 5.41) is 11.5. The monoisotopic (exact) mass is 360 g/mol. The molecule has 0 aliphatic heterocycles. The molecule has 126 valence electrons. The highest BCUT2D eigenvalue weighted by molar-refractivity contribution is 6.31. The number of nitrogens with zero attached hydrogens (tertiary/aromatic N) is 2. The Morgan fingerprint density at radius 3 is 2.84 bits per heavy atom. The number of benzene rings is 2. The zero-order valence-electron chi connectivity index (χ0n) is 12.6. The number of fused-ring (bicyclic) bond motifs is 1. The number of carbonyl (C=O) groups excluding carboxylic acids is 1. The van der Waals surface area contributed by atoms with Crippen molar-refractivity contribution in [3.05, 3.63) is 80.7 Å². The van der Waals surface area contributed by atoms with E-state index in [4.69, 9.17) is 16.3 Å². The number of nitro benzene ring substituents is 1. The van der Waals surface area contributed by atoms with Crippen LogP contribution >= 0.6 is 11.6 Å². The van der Waals surface area contributed by atoms with Gasteiger partial charge in [0.05, 0.1) is 10.4 Å². The molecule has 0 unspecified atom stereocenters. The largest absolute Gasteiger partial charge is 0.457 e. The van der Waals surface area contributed by atoms with Crippen molar-refractivity contribution in [3.63, 3.8) is 0 Å². The average molecular weight is 361 g/mol. The number of hydrogen-bond acceptors (Lipinski definition) is 5. The van der Waals surface area contributed by atoms with Crippen molar-refractivity contribution in [3.8, 4) is 0 Å². The van der Waals surface area contributed by atoms with Crippen LogP contribution in [0.15, 0.2) is 48.7 Å². The second kappa shape index (κ2) is 6.82. The van der Waals surface area contributed by atoms with E-state index in [0.717, 1.165) is 6.07 Å². The molecule has 2 aromatic carbocycles. The van der Waals surface area contributed by atoms with Crippen molar-refractivity contribution in [1.82, 2.24) is 4.98 Å². The number of halogens is 2. The first-order valence-corrected chi connectivity index (χ1v) is 7.48. The standard InChI is InChI=1S/C17H10ClFN2O4/c18-11-4-6-15(21(23)24)13(8-11)17(22)25-9-10-3-5-14(19)12-2-1-7-20-16(10)12/h1-8H,9H2. The summed E-state index contributed by atoms with van der Waals surface area (Å²) in [5.41, 5.74) is 0.180. The summed E-state index contributed by atoms with van der Waals surface area (Å²) in [6.45, 7) is -0.212. The molecule has 0 saturated heterocycles. The Morgan fingerprint density at radius 1 is 1.28 bits per heavy atom. The van der Waals surface area contributed by atoms with Gasteiger partial charge >= 0.3 is 5.97 Å². The van der Waals surface area contributed by atoms with Gasteiger partial charge in [-0.3, -0.25) is 15.1 Å². The van der Waals surface area contributed by atoms with E-state index in [0.29, 0.717) is 16.5 Å². The molecule has 0 saturated carbocycles. The first kappa shape index (κ1) is 16.8. The van der Waals surface area contributed by atoms with E-state index in [1.807, 2.05) is 0 Å². The summed E-state index contributed by atoms with van der Waals surface area (Å²) >= 11 is 5.80. The topological polar surface area (TPSA) is 82.3 Å². The quantitative estimate of drug-likeness (QED) is 0.393. The van der Waals surface area contributed by atoms with Crippen LogP contribution in [0.2, 0.25) is 5.02 Å². The van der Waals surface area contributed by atoms with Crippen LogP contribution in [0.5, 0.6) is 0 Å². The molecular weight excluding hydrogens is 351 g/mol. The van der Waals surface area contributed by atoms with Crippen LogP contribution in [0.4, 0.5) is 10.1 Å². The van der Waals surface area contributed by atoms with Gasteiger partial charge in [0, 0.05) is 28.2 Å². The molecule has 0 bridgehead atoms. The molecule has 0 aliphatic carbocycles. The third-order valence-electron chi connectivity index (χ3n) is 3.53. The number of hydrogen-bond donors (Lipinski definition) is 0. The van der Waals surface area contributed by atoms with Gasteiger partial charge in [-0.25, -0.2) is 9.18 Å². The lowest BCUT2D eigenvalue weighted by atomic mass is 10.1. The molecule has 6 nitrogen and oxygen atoms in total. The van der Waals surface area contributed by atoms with Crippen molar-refractivity contribution in [2.24, 2.45) is 0 Å². The van der Waals surface area contributed by atoms with Gasteiger partial charge in [-0.05, 0) is 30.3 Å². The zero-order valence-corrected chi connectivity index (χ0v) is 13.4. The summed E-state index contributed by atoms with van der Waals surface area (Å²) in [6.07, 6.45) is 1.49. The minimum Gasteiger partial charge on any atom is -0.457 e. The Kier molecular flexibility index (Phi) is 4.58. The van der Waals surface area contributed by atoms with Gasteiger partial charge < -0.3 is 4.74 Å². The molecule has 0 atom stereocenters. The van der Waals surface area contributed by atoms with Gasteiger partial charge in [0.2, 0.25) is 0 Å². The number of aromatic nitrogens is 1. The number of carbonyl (C=O) groups is 1. The summed E-state index contributed by atoms with van der Waals surface area (Å²) in [4.78, 5) is 26.6. The fourth-order valence-electron chi connectivity index (χ4n) is 2.36. The Bertz CT molecular complexity index is 994. The predicted octanol–water partition coefficient (Wildman–Crippen LogP) is 4.29. The zero-order chi connectivity index (χ0) is 18.0. The Balaban J connectivity index is 1.88. The molecule has 1 aromatic heterocycles. The summed E-state index contributed by atoms with van der Waals surface area (Å²) < 4.78 is 18.9. The average Bonchev–Trinajstić information content (AvgIpc) is 2.61. The van der Waals surface area contributed by atoms with Gasteiger partial charge in [-0.2, -0.15) is 0 Å². The van der Waals surface area contributed by atoms with Gasteiger partial charge in [0.1, 0.15) is 18.0 Å². The second-order valence-corrected chi connectivity index (χ2v) is 5.54. The second-order valence-electron chi connectivity index (χ2n) is 5.10. The highest BCUT2D eigenvalue weighted by Crippen LogP contribution is 2.25. The lowest BCUT2D eigenvalue weighted by Gasteiger charge is -2.08. The maximum absolute atomic E-state index is 13.8. The fourth-order valence-corrected chi connectivity index (χ4v) is 2.54. The third kappa shape index (κ3) is 3.41. The molecule has 0 aliphatic rings. The van der Waals surface area contributed by atoms with Gasteiger partial charge in [-0.1, -0.05) is 17.7 Å². The SMILES string of the molecule is O=C(OCc1ccc(F)c2cccnc12)c1cc(Cl)ccc1[N+](=O)[O-]. The van der Waals surface area contributed by atoms with E-state index < -0.39 is 22.4 Å². The van der Waals surface area contributed by atoms with Crippen LogP contribution in [-0.4, -0.2) is 15.9 Å². The maximum atomic E-state index is 13.8. The minimum absolute atomic E-state index is 0.173. The van der Waals surface area contributed by atoms with Crippen LogP contribution in [0.1, 0.15) is 15.9 Å². The Labute approximate surface area is 146 Å². The summed E-state index contributed by atoms with van der Waals surface area (Å²) in [5.74, 6) is -1.34. The lowest BCUT2D eigenvalue weighted by molar-refractivity contribution is -0.385. The van der Waals surface area contributed by atoms with E-state index in [1.54, 1.807) is 12.1 Å². The minimum atomic E-state index is -0.900. The van der Waals surface area contributed by atoms with Crippen molar-refractivity contribution in [2.45, 2.75) is 6.61 Å². The van der Waals surface area contributed by atoms with Crippen molar-refractivity contribution >= 4 is 34.2 Å². The lowest BCUT2D eigenvalue weighted by Crippen LogP contribution is -2.09. The first-order chi connectivity index (χ1) is 12.0. The van der Waals surface area contributed by atoms with Gasteiger partial charge in [0.15, 0.2) is 0 Å². The Morgan fingerprint density at radius 2 is 2.08 bits per heavy atom. The maximum Gasteiger partial charge on any atom is 0.345 e. The van der Waals surface area contributed by atoms with Crippen molar-refractivity contribution in [2.75, 3.05) is 0 Å². The van der Waals surface area contributed by atoms with Gasteiger partial charge in [0.25, 0.3) is 5.69 Å². The van der Waals surface area contributed by atoms with Crippen LogP contribution in [0.25, 0.3) is 10.9 Å². The number of esters is 1. The van der Waals surface area contributed by atoms with Gasteiger partial charge in [-0.15, -0.1) is 0 Å². The van der Waals surface area contributed by atoms with Crippen molar-refractivity contribution in [1.29, 1.82) is 0 Å². The van der Waals surface area contributed by atoms with E-state index in [-0.39, 0.29) is 17.2 Å². The van der Waals surface area contributed by atoms with Crippen LogP contribution in [-0.2, 0) is 11.3 Å². The summed E-state index contributed by atoms with van der Waals surface area (Å²) in [6, 6.07) is 9.46. The van der Waals surface area contributed by atoms with Crippen LogP contribution in [0.3, 0.4) is 0 Å². The highest BCUT2D eigenvalue weighted by atomic mass is 35.5. The molecule has 0 fully saturated rings. The third-order valence-corrected chi connectivity index (χ3v) is 3.77. The predicted molar refractivity (Wildman–Crippen MR) is 88.9 cm³/mol. The number of rotatable bonds is 4. The molecule has 3 rings (SSSR count). The molecule has 3 aromatic rings. The first-order valence-electron chi connectivity index (χ1n) is 7.10.